The lowest BCUT2D eigenvalue weighted by atomic mass is 10.0. The van der Waals surface area contributed by atoms with Crippen molar-refractivity contribution in [2.45, 2.75) is 51.5 Å². The van der Waals surface area contributed by atoms with Gasteiger partial charge in [-0.15, -0.1) is 0 Å². The van der Waals surface area contributed by atoms with Crippen LogP contribution in [0, 0.1) is 0 Å². The fraction of sp³-hybridized carbons (Fsp3) is 0.474. The average Bonchev–Trinajstić information content (AvgIpc) is 3.04. The molecule has 0 spiro atoms. The van der Waals surface area contributed by atoms with Gasteiger partial charge in [0.25, 0.3) is 0 Å². The molecule has 1 fully saturated rings. The Bertz CT molecular complexity index is 739. The van der Waals surface area contributed by atoms with E-state index >= 15 is 0 Å². The summed E-state index contributed by atoms with van der Waals surface area (Å²) >= 11 is 3.51. The van der Waals surface area contributed by atoms with Crippen molar-refractivity contribution in [1.82, 2.24) is 10.3 Å². The topological polar surface area (TPSA) is 54.0 Å². The molecule has 1 heterocycles. The Balaban J connectivity index is 1.75. The van der Waals surface area contributed by atoms with Crippen LogP contribution in [-0.2, 0) is 4.79 Å². The van der Waals surface area contributed by atoms with Crippen molar-refractivity contribution >= 4 is 38.6 Å². The molecule has 2 N–H and O–H groups in total. The number of rotatable bonds is 5. The largest absolute Gasteiger partial charge is 0.361 e. The standard InChI is InChI=1S/C19H24BrN3O/c1-12(2)16-10-13-9-14(20)7-8-17(13)23-19(16)21-11-18(24)22-15-5-3-4-6-15/h7-10,12,15H,3-6,11H2,1-2H3,(H,21,23)(H,22,24). The van der Waals surface area contributed by atoms with Gasteiger partial charge in [-0.3, -0.25) is 4.79 Å². The number of benzene rings is 1. The zero-order valence-corrected chi connectivity index (χ0v) is 15.8. The van der Waals surface area contributed by atoms with Crippen LogP contribution in [-0.4, -0.2) is 23.5 Å². The molecule has 4 nitrogen and oxygen atoms in total. The van der Waals surface area contributed by atoms with Crippen molar-refractivity contribution in [2.75, 3.05) is 11.9 Å². The Morgan fingerprint density at radius 1 is 1.29 bits per heavy atom. The first kappa shape index (κ1) is 17.2. The summed E-state index contributed by atoms with van der Waals surface area (Å²) in [4.78, 5) is 16.9. The summed E-state index contributed by atoms with van der Waals surface area (Å²) in [6, 6.07) is 8.57. The Morgan fingerprint density at radius 3 is 2.75 bits per heavy atom. The van der Waals surface area contributed by atoms with E-state index in [-0.39, 0.29) is 12.5 Å². The van der Waals surface area contributed by atoms with Crippen LogP contribution >= 0.6 is 15.9 Å². The predicted molar refractivity (Wildman–Crippen MR) is 102 cm³/mol. The van der Waals surface area contributed by atoms with Crippen LogP contribution in [0.4, 0.5) is 5.82 Å². The fourth-order valence-corrected chi connectivity index (χ4v) is 3.64. The summed E-state index contributed by atoms with van der Waals surface area (Å²) in [6.07, 6.45) is 4.65. The SMILES string of the molecule is CC(C)c1cc2cc(Br)ccc2nc1NCC(=O)NC1CCCC1. The van der Waals surface area contributed by atoms with Crippen molar-refractivity contribution in [3.63, 3.8) is 0 Å². The minimum Gasteiger partial charge on any atom is -0.361 e. The van der Waals surface area contributed by atoms with Crippen LogP contribution in [0.1, 0.15) is 51.0 Å². The van der Waals surface area contributed by atoms with E-state index in [2.05, 4.69) is 52.5 Å². The number of nitrogens with zero attached hydrogens (tertiary/aromatic N) is 1. The van der Waals surface area contributed by atoms with Gasteiger partial charge in [-0.1, -0.05) is 42.6 Å². The van der Waals surface area contributed by atoms with Crippen LogP contribution in [0.5, 0.6) is 0 Å². The van der Waals surface area contributed by atoms with E-state index in [0.29, 0.717) is 12.0 Å². The Hall–Kier alpha value is -1.62. The fourth-order valence-electron chi connectivity index (χ4n) is 3.26. The van der Waals surface area contributed by atoms with E-state index < -0.39 is 0 Å². The van der Waals surface area contributed by atoms with Crippen molar-refractivity contribution in [3.05, 3.63) is 34.3 Å². The zero-order chi connectivity index (χ0) is 17.1. The molecule has 0 atom stereocenters. The molecule has 0 unspecified atom stereocenters. The van der Waals surface area contributed by atoms with Gasteiger partial charge in [-0.25, -0.2) is 4.98 Å². The molecule has 1 aliphatic rings. The van der Waals surface area contributed by atoms with E-state index in [1.54, 1.807) is 0 Å². The smallest absolute Gasteiger partial charge is 0.239 e. The van der Waals surface area contributed by atoms with Gasteiger partial charge in [-0.2, -0.15) is 0 Å². The number of nitrogens with one attached hydrogen (secondary N) is 2. The molecule has 128 valence electrons. The quantitative estimate of drug-likeness (QED) is 0.785. The third-order valence-electron chi connectivity index (χ3n) is 4.56. The first-order valence-corrected chi connectivity index (χ1v) is 9.45. The third kappa shape index (κ3) is 4.07. The van der Waals surface area contributed by atoms with Crippen LogP contribution in [0.3, 0.4) is 0 Å². The molecule has 0 radical (unpaired) electrons. The van der Waals surface area contributed by atoms with E-state index in [9.17, 15) is 4.79 Å². The van der Waals surface area contributed by atoms with Crippen LogP contribution in [0.15, 0.2) is 28.7 Å². The van der Waals surface area contributed by atoms with Gasteiger partial charge in [0.05, 0.1) is 12.1 Å². The van der Waals surface area contributed by atoms with Crippen molar-refractivity contribution < 1.29 is 4.79 Å². The van der Waals surface area contributed by atoms with Crippen molar-refractivity contribution in [2.24, 2.45) is 0 Å². The second-order valence-corrected chi connectivity index (χ2v) is 7.74. The maximum absolute atomic E-state index is 12.2. The molecule has 1 aromatic carbocycles. The predicted octanol–water partition coefficient (Wildman–Crippen LogP) is 4.59. The minimum atomic E-state index is 0.0503. The molecule has 1 aromatic heterocycles. The molecule has 24 heavy (non-hydrogen) atoms. The number of anilines is 1. The number of fused-ring (bicyclic) bond motifs is 1. The lowest BCUT2D eigenvalue weighted by molar-refractivity contribution is -0.120. The normalized spacial score (nSPS) is 15.2. The number of carbonyl (C=O) groups excluding carboxylic acids is 1. The Labute approximate surface area is 151 Å². The molecular formula is C19H24BrN3O. The maximum atomic E-state index is 12.2. The van der Waals surface area contributed by atoms with E-state index in [1.807, 2.05) is 12.1 Å². The molecule has 0 bridgehead atoms. The van der Waals surface area contributed by atoms with Gasteiger partial charge in [0.2, 0.25) is 5.91 Å². The minimum absolute atomic E-state index is 0.0503. The van der Waals surface area contributed by atoms with Gasteiger partial charge < -0.3 is 10.6 Å². The van der Waals surface area contributed by atoms with Crippen LogP contribution in [0.25, 0.3) is 10.9 Å². The molecule has 1 aliphatic carbocycles. The number of hydrogen-bond donors (Lipinski definition) is 2. The zero-order valence-electron chi connectivity index (χ0n) is 14.2. The highest BCUT2D eigenvalue weighted by Crippen LogP contribution is 2.28. The van der Waals surface area contributed by atoms with Gasteiger partial charge in [0.1, 0.15) is 5.82 Å². The van der Waals surface area contributed by atoms with Gasteiger partial charge in [0, 0.05) is 15.9 Å². The number of carbonyl (C=O) groups is 1. The lowest BCUT2D eigenvalue weighted by Gasteiger charge is -2.16. The summed E-state index contributed by atoms with van der Waals surface area (Å²) in [5.41, 5.74) is 2.07. The summed E-state index contributed by atoms with van der Waals surface area (Å²) in [6.45, 7) is 4.56. The highest BCUT2D eigenvalue weighted by molar-refractivity contribution is 9.10. The number of amides is 1. The third-order valence-corrected chi connectivity index (χ3v) is 5.06. The van der Waals surface area contributed by atoms with E-state index in [1.165, 1.54) is 12.8 Å². The number of aromatic nitrogens is 1. The first-order valence-electron chi connectivity index (χ1n) is 8.66. The molecule has 2 aromatic rings. The van der Waals surface area contributed by atoms with Crippen molar-refractivity contribution in [1.29, 1.82) is 0 Å². The molecule has 0 aliphatic heterocycles. The Kier molecular flexibility index (Phi) is 5.39. The molecule has 3 rings (SSSR count). The summed E-state index contributed by atoms with van der Waals surface area (Å²) in [7, 11) is 0. The number of pyridine rings is 1. The van der Waals surface area contributed by atoms with Crippen LogP contribution < -0.4 is 10.6 Å². The average molecular weight is 390 g/mol. The van der Waals surface area contributed by atoms with Crippen LogP contribution in [0.2, 0.25) is 0 Å². The molecule has 0 saturated heterocycles. The van der Waals surface area contributed by atoms with E-state index in [4.69, 9.17) is 4.98 Å². The van der Waals surface area contributed by atoms with Gasteiger partial charge >= 0.3 is 0 Å². The molecule has 5 heteroatoms. The van der Waals surface area contributed by atoms with Crippen molar-refractivity contribution in [3.8, 4) is 0 Å². The highest BCUT2D eigenvalue weighted by Gasteiger charge is 2.17. The lowest BCUT2D eigenvalue weighted by Crippen LogP contribution is -2.36. The maximum Gasteiger partial charge on any atom is 0.239 e. The second-order valence-electron chi connectivity index (χ2n) is 6.82. The number of halogens is 1. The summed E-state index contributed by atoms with van der Waals surface area (Å²) < 4.78 is 1.04. The monoisotopic (exact) mass is 389 g/mol. The summed E-state index contributed by atoms with van der Waals surface area (Å²) in [5.74, 6) is 1.19. The van der Waals surface area contributed by atoms with Gasteiger partial charge in [0.15, 0.2) is 0 Å². The molecular weight excluding hydrogens is 366 g/mol. The Morgan fingerprint density at radius 2 is 2.04 bits per heavy atom. The number of hydrogen-bond acceptors (Lipinski definition) is 3. The second kappa shape index (κ2) is 7.51. The molecule has 1 saturated carbocycles. The first-order chi connectivity index (χ1) is 11.5. The van der Waals surface area contributed by atoms with E-state index in [0.717, 1.165) is 39.6 Å². The van der Waals surface area contributed by atoms with Gasteiger partial charge in [-0.05, 0) is 48.6 Å². The highest BCUT2D eigenvalue weighted by atomic mass is 79.9. The summed E-state index contributed by atoms with van der Waals surface area (Å²) in [5, 5.41) is 7.45. The molecule has 1 amide bonds.